The summed E-state index contributed by atoms with van der Waals surface area (Å²) in [5, 5.41) is 2.64. The van der Waals surface area contributed by atoms with Crippen molar-refractivity contribution in [3.63, 3.8) is 0 Å². The summed E-state index contributed by atoms with van der Waals surface area (Å²) in [4.78, 5) is 0. The molecule has 17 heavy (non-hydrogen) atoms. The fourth-order valence-electron chi connectivity index (χ4n) is 3.30. The van der Waals surface area contributed by atoms with Crippen molar-refractivity contribution in [3.8, 4) is 5.75 Å². The molecule has 2 nitrogen and oxygen atoms in total. The van der Waals surface area contributed by atoms with E-state index in [0.717, 1.165) is 18.8 Å². The zero-order chi connectivity index (χ0) is 11.4. The number of rotatable bonds is 1. The van der Waals surface area contributed by atoms with Crippen molar-refractivity contribution in [2.45, 2.75) is 18.4 Å². The highest BCUT2D eigenvalue weighted by Gasteiger charge is 2.45. The van der Waals surface area contributed by atoms with Crippen molar-refractivity contribution in [1.29, 1.82) is 0 Å². The number of benzene rings is 2. The molecule has 0 amide bonds. The molecule has 1 aliphatic heterocycles. The third-order valence-corrected chi connectivity index (χ3v) is 4.06. The van der Waals surface area contributed by atoms with Crippen molar-refractivity contribution in [2.75, 3.05) is 13.7 Å². The number of hydrogen-bond acceptors (Lipinski definition) is 2. The van der Waals surface area contributed by atoms with E-state index in [4.69, 9.17) is 9.47 Å². The van der Waals surface area contributed by atoms with Crippen LogP contribution < -0.4 is 4.74 Å². The highest BCUT2D eigenvalue weighted by molar-refractivity contribution is 5.91. The smallest absolute Gasteiger partial charge is 0.125 e. The molecule has 1 fully saturated rings. The summed E-state index contributed by atoms with van der Waals surface area (Å²) in [5.74, 6) is 1.58. The van der Waals surface area contributed by atoms with Gasteiger partial charge in [-0.2, -0.15) is 0 Å². The fraction of sp³-hybridized carbons (Fsp3) is 0.333. The number of hydrogen-bond donors (Lipinski definition) is 0. The fourth-order valence-corrected chi connectivity index (χ4v) is 3.30. The van der Waals surface area contributed by atoms with Crippen LogP contribution >= 0.6 is 0 Å². The highest BCUT2D eigenvalue weighted by Crippen LogP contribution is 2.58. The van der Waals surface area contributed by atoms with Gasteiger partial charge in [-0.3, -0.25) is 0 Å². The maximum absolute atomic E-state index is 5.79. The SMILES string of the molecule is COc1cc2ccccc2c2c1[C@@H]1OCC[C@H]21. The van der Waals surface area contributed by atoms with Crippen molar-refractivity contribution in [3.05, 3.63) is 41.5 Å². The van der Waals surface area contributed by atoms with Crippen molar-refractivity contribution in [2.24, 2.45) is 0 Å². The Morgan fingerprint density at radius 1 is 1.24 bits per heavy atom. The van der Waals surface area contributed by atoms with E-state index in [-0.39, 0.29) is 6.10 Å². The standard InChI is InChI=1S/C15H14O2/c1-16-12-8-9-4-2-3-5-10(9)13-11-6-7-17-15(11)14(12)13/h2-5,8,11,15H,6-7H2,1H3/t11-,15-/m1/s1. The predicted octanol–water partition coefficient (Wildman–Crippen LogP) is 3.41. The average molecular weight is 226 g/mol. The molecule has 2 aliphatic rings. The van der Waals surface area contributed by atoms with Gasteiger partial charge in [0.1, 0.15) is 5.75 Å². The molecule has 0 bridgehead atoms. The van der Waals surface area contributed by atoms with Gasteiger partial charge in [-0.25, -0.2) is 0 Å². The largest absolute Gasteiger partial charge is 0.496 e. The van der Waals surface area contributed by atoms with Crippen LogP contribution in [-0.2, 0) is 4.74 Å². The summed E-state index contributed by atoms with van der Waals surface area (Å²) in [6.45, 7) is 0.876. The molecule has 0 N–H and O–H groups in total. The van der Waals surface area contributed by atoms with Crippen LogP contribution in [0, 0.1) is 0 Å². The molecule has 4 rings (SSSR count). The van der Waals surface area contributed by atoms with E-state index in [1.54, 1.807) is 7.11 Å². The first kappa shape index (κ1) is 9.49. The monoisotopic (exact) mass is 226 g/mol. The van der Waals surface area contributed by atoms with Crippen LogP contribution in [0.2, 0.25) is 0 Å². The second kappa shape index (κ2) is 3.23. The minimum atomic E-state index is 0.282. The van der Waals surface area contributed by atoms with Crippen molar-refractivity contribution in [1.82, 2.24) is 0 Å². The van der Waals surface area contributed by atoms with E-state index in [0.29, 0.717) is 5.92 Å². The average Bonchev–Trinajstić information content (AvgIpc) is 2.75. The summed E-state index contributed by atoms with van der Waals surface area (Å²) in [5.41, 5.74) is 2.75. The van der Waals surface area contributed by atoms with Crippen LogP contribution in [0.5, 0.6) is 5.75 Å². The minimum absolute atomic E-state index is 0.282. The van der Waals surface area contributed by atoms with Crippen molar-refractivity contribution >= 4 is 10.8 Å². The van der Waals surface area contributed by atoms with E-state index >= 15 is 0 Å². The quantitative estimate of drug-likeness (QED) is 0.742. The molecule has 0 radical (unpaired) electrons. The van der Waals surface area contributed by atoms with Crippen LogP contribution in [0.3, 0.4) is 0 Å². The van der Waals surface area contributed by atoms with Gasteiger partial charge >= 0.3 is 0 Å². The number of ether oxygens (including phenoxy) is 2. The summed E-state index contributed by atoms with van der Waals surface area (Å²) >= 11 is 0. The lowest BCUT2D eigenvalue weighted by molar-refractivity contribution is 0.0862. The maximum atomic E-state index is 5.79. The molecule has 2 aromatic carbocycles. The van der Waals surface area contributed by atoms with E-state index in [2.05, 4.69) is 30.3 Å². The van der Waals surface area contributed by atoms with E-state index in [1.165, 1.54) is 21.9 Å². The van der Waals surface area contributed by atoms with Crippen LogP contribution in [0.1, 0.15) is 29.6 Å². The summed E-state index contributed by atoms with van der Waals surface area (Å²) in [6.07, 6.45) is 1.43. The lowest BCUT2D eigenvalue weighted by Crippen LogP contribution is -2.21. The van der Waals surface area contributed by atoms with Gasteiger partial charge in [0.15, 0.2) is 0 Å². The zero-order valence-electron chi connectivity index (χ0n) is 9.77. The highest BCUT2D eigenvalue weighted by atomic mass is 16.5. The Balaban J connectivity index is 2.07. The van der Waals surface area contributed by atoms with Crippen LogP contribution in [0.4, 0.5) is 0 Å². The molecule has 2 aromatic rings. The number of methoxy groups -OCH3 is 1. The van der Waals surface area contributed by atoms with E-state index in [1.807, 2.05) is 0 Å². The van der Waals surface area contributed by atoms with Gasteiger partial charge in [0.25, 0.3) is 0 Å². The second-order valence-electron chi connectivity index (χ2n) is 4.81. The predicted molar refractivity (Wildman–Crippen MR) is 66.6 cm³/mol. The molecule has 0 aromatic heterocycles. The molecular formula is C15H14O2. The maximum Gasteiger partial charge on any atom is 0.125 e. The molecule has 1 aliphatic carbocycles. The summed E-state index contributed by atoms with van der Waals surface area (Å²) < 4.78 is 11.3. The Hall–Kier alpha value is -1.54. The first-order valence-corrected chi connectivity index (χ1v) is 6.11. The second-order valence-corrected chi connectivity index (χ2v) is 4.81. The number of fused-ring (bicyclic) bond motifs is 6. The lowest BCUT2D eigenvalue weighted by atomic mass is 9.71. The molecule has 0 spiro atoms. The molecule has 86 valence electrons. The summed E-state index contributed by atoms with van der Waals surface area (Å²) in [7, 11) is 1.74. The Labute approximate surface area is 100 Å². The van der Waals surface area contributed by atoms with Gasteiger partial charge in [-0.15, -0.1) is 0 Å². The third kappa shape index (κ3) is 1.09. The topological polar surface area (TPSA) is 18.5 Å². The Morgan fingerprint density at radius 2 is 2.12 bits per heavy atom. The molecule has 0 saturated carbocycles. The van der Waals surface area contributed by atoms with Gasteiger partial charge < -0.3 is 9.47 Å². The first-order chi connectivity index (χ1) is 8.40. The van der Waals surface area contributed by atoms with Gasteiger partial charge in [0, 0.05) is 18.1 Å². The molecule has 1 heterocycles. The molecule has 2 heteroatoms. The van der Waals surface area contributed by atoms with Crippen LogP contribution in [0.15, 0.2) is 30.3 Å². The van der Waals surface area contributed by atoms with Gasteiger partial charge in [0.2, 0.25) is 0 Å². The van der Waals surface area contributed by atoms with Crippen LogP contribution in [0.25, 0.3) is 10.8 Å². The molecule has 2 atom stereocenters. The minimum Gasteiger partial charge on any atom is -0.496 e. The van der Waals surface area contributed by atoms with Gasteiger partial charge in [-0.05, 0) is 28.8 Å². The Kier molecular flexibility index (Phi) is 1.80. The van der Waals surface area contributed by atoms with Crippen LogP contribution in [-0.4, -0.2) is 13.7 Å². The molecular weight excluding hydrogens is 212 g/mol. The normalized spacial score (nSPS) is 25.2. The Bertz CT molecular complexity index is 603. The van der Waals surface area contributed by atoms with E-state index in [9.17, 15) is 0 Å². The third-order valence-electron chi connectivity index (χ3n) is 4.06. The molecule has 0 unspecified atom stereocenters. The zero-order valence-corrected chi connectivity index (χ0v) is 9.77. The van der Waals surface area contributed by atoms with Gasteiger partial charge in [-0.1, -0.05) is 24.3 Å². The van der Waals surface area contributed by atoms with Gasteiger partial charge in [0.05, 0.1) is 13.2 Å². The molecule has 1 saturated heterocycles. The Morgan fingerprint density at radius 3 is 3.00 bits per heavy atom. The van der Waals surface area contributed by atoms with E-state index < -0.39 is 0 Å². The van der Waals surface area contributed by atoms with Crippen molar-refractivity contribution < 1.29 is 9.47 Å². The summed E-state index contributed by atoms with van der Waals surface area (Å²) in [6, 6.07) is 10.7. The lowest BCUT2D eigenvalue weighted by Gasteiger charge is -2.35. The first-order valence-electron chi connectivity index (χ1n) is 6.11.